The zero-order valence-corrected chi connectivity index (χ0v) is 9.87. The molecule has 0 amide bonds. The van der Waals surface area contributed by atoms with E-state index in [1.54, 1.807) is 24.3 Å². The fourth-order valence-electron chi connectivity index (χ4n) is 1.17. The largest absolute Gasteiger partial charge is 0.367 e. The zero-order chi connectivity index (χ0) is 12.3. The lowest BCUT2D eigenvalue weighted by Crippen LogP contribution is -2.19. The van der Waals surface area contributed by atoms with Crippen LogP contribution in [0.25, 0.3) is 6.20 Å². The molecule has 0 aliphatic carbocycles. The van der Waals surface area contributed by atoms with E-state index in [9.17, 15) is 9.00 Å². The molecule has 0 radical (unpaired) electrons. The molecule has 2 rings (SSSR count). The first kappa shape index (κ1) is 11.5. The maximum atomic E-state index is 11.8. The molecule has 1 aromatic heterocycles. The lowest BCUT2D eigenvalue weighted by atomic mass is 10.4. The second-order valence-corrected chi connectivity index (χ2v) is 4.56. The van der Waals surface area contributed by atoms with Gasteiger partial charge in [-0.1, -0.05) is 18.2 Å². The molecule has 6 nitrogen and oxygen atoms in total. The molecule has 0 saturated heterocycles. The molecule has 0 spiro atoms. The van der Waals surface area contributed by atoms with Crippen molar-refractivity contribution < 1.29 is 4.21 Å². The predicted molar refractivity (Wildman–Crippen MR) is 63.4 cm³/mol. The van der Waals surface area contributed by atoms with Crippen molar-refractivity contribution in [2.45, 2.75) is 4.90 Å². The highest BCUT2D eigenvalue weighted by atomic mass is 32.2. The highest BCUT2D eigenvalue weighted by molar-refractivity contribution is 7.88. The smallest absolute Gasteiger partial charge is 0.250 e. The van der Waals surface area contributed by atoms with Crippen molar-refractivity contribution in [1.29, 1.82) is 0 Å². The minimum Gasteiger partial charge on any atom is -0.250 e. The molecule has 2 aromatic rings. The van der Waals surface area contributed by atoms with Crippen LogP contribution in [0.2, 0.25) is 0 Å². The van der Waals surface area contributed by atoms with Gasteiger partial charge in [0.25, 0.3) is 0 Å². The molecule has 0 N–H and O–H groups in total. The van der Waals surface area contributed by atoms with Gasteiger partial charge >= 0.3 is 5.69 Å². The van der Waals surface area contributed by atoms with Gasteiger partial charge in [0.2, 0.25) is 0 Å². The van der Waals surface area contributed by atoms with E-state index in [0.717, 1.165) is 9.36 Å². The number of hydrogen-bond donors (Lipinski definition) is 0. The molecule has 0 aliphatic heterocycles. The maximum Gasteiger partial charge on any atom is 0.367 e. The minimum atomic E-state index is -1.30. The van der Waals surface area contributed by atoms with Crippen molar-refractivity contribution in [1.82, 2.24) is 19.8 Å². The first-order valence-electron chi connectivity index (χ1n) is 4.81. The summed E-state index contributed by atoms with van der Waals surface area (Å²) >= 11 is 0. The van der Waals surface area contributed by atoms with E-state index < -0.39 is 10.8 Å². The number of rotatable bonds is 3. The van der Waals surface area contributed by atoms with Crippen LogP contribution < -0.4 is 5.69 Å². The molecule has 1 heterocycles. The van der Waals surface area contributed by atoms with E-state index in [-0.39, 0.29) is 5.69 Å². The monoisotopic (exact) mass is 250 g/mol. The van der Waals surface area contributed by atoms with Gasteiger partial charge in [-0.3, -0.25) is 0 Å². The van der Waals surface area contributed by atoms with Crippen molar-refractivity contribution in [3.8, 4) is 0 Å². The second kappa shape index (κ2) is 4.88. The van der Waals surface area contributed by atoms with Crippen molar-refractivity contribution in [2.24, 2.45) is 7.05 Å². The molecule has 0 bridgehead atoms. The number of tetrazole rings is 1. The summed E-state index contributed by atoms with van der Waals surface area (Å²) in [4.78, 5) is 12.0. The van der Waals surface area contributed by atoms with Crippen LogP contribution in [0.1, 0.15) is 0 Å². The van der Waals surface area contributed by atoms with Crippen LogP contribution in [0.4, 0.5) is 0 Å². The number of nitrogens with zero attached hydrogens (tertiary/aromatic N) is 4. The van der Waals surface area contributed by atoms with Gasteiger partial charge in [-0.2, -0.15) is 9.36 Å². The van der Waals surface area contributed by atoms with E-state index in [1.165, 1.54) is 18.7 Å². The van der Waals surface area contributed by atoms with E-state index in [0.29, 0.717) is 4.90 Å². The third-order valence-electron chi connectivity index (χ3n) is 2.04. The van der Waals surface area contributed by atoms with E-state index in [1.807, 2.05) is 6.07 Å². The first-order valence-corrected chi connectivity index (χ1v) is 6.02. The Labute approximate surface area is 99.6 Å². The van der Waals surface area contributed by atoms with Crippen molar-refractivity contribution in [3.63, 3.8) is 0 Å². The van der Waals surface area contributed by atoms with E-state index in [4.69, 9.17) is 0 Å². The van der Waals surface area contributed by atoms with Gasteiger partial charge < -0.3 is 0 Å². The van der Waals surface area contributed by atoms with Crippen LogP contribution in [-0.2, 0) is 17.8 Å². The van der Waals surface area contributed by atoms with Gasteiger partial charge in [0.05, 0.1) is 10.8 Å². The topological polar surface area (TPSA) is 69.8 Å². The molecule has 1 atom stereocenters. The van der Waals surface area contributed by atoms with E-state index >= 15 is 0 Å². The summed E-state index contributed by atoms with van der Waals surface area (Å²) in [6, 6.07) is 8.95. The van der Waals surface area contributed by atoms with Gasteiger partial charge in [0.1, 0.15) is 0 Å². The number of aromatic nitrogens is 4. The average Bonchev–Trinajstić information content (AvgIpc) is 2.68. The second-order valence-electron chi connectivity index (χ2n) is 3.23. The molecular weight excluding hydrogens is 240 g/mol. The number of hydrogen-bond acceptors (Lipinski definition) is 4. The van der Waals surface area contributed by atoms with Crippen LogP contribution >= 0.6 is 0 Å². The number of benzene rings is 1. The Bertz CT molecular complexity index is 615. The van der Waals surface area contributed by atoms with E-state index in [2.05, 4.69) is 10.4 Å². The Hall–Kier alpha value is -2.02. The normalized spacial score (nSPS) is 13.0. The van der Waals surface area contributed by atoms with Crippen LogP contribution in [0, 0.1) is 0 Å². The lowest BCUT2D eigenvalue weighted by Gasteiger charge is -1.94. The summed E-state index contributed by atoms with van der Waals surface area (Å²) in [5.41, 5.74) is -0.383. The first-order chi connectivity index (χ1) is 8.18. The fraction of sp³-hybridized carbons (Fsp3) is 0.100. The Morgan fingerprint density at radius 1 is 1.24 bits per heavy atom. The SMILES string of the molecule is Cn1nnn(/C=C/S(=O)c2ccccc2)c1=O. The molecule has 1 unspecified atom stereocenters. The van der Waals surface area contributed by atoms with Crippen LogP contribution in [-0.4, -0.2) is 24.0 Å². The number of aryl methyl sites for hydroxylation is 1. The summed E-state index contributed by atoms with van der Waals surface area (Å²) in [6.45, 7) is 0. The summed E-state index contributed by atoms with van der Waals surface area (Å²) < 4.78 is 13.9. The Morgan fingerprint density at radius 3 is 2.53 bits per heavy atom. The fourth-order valence-corrected chi connectivity index (χ4v) is 1.98. The van der Waals surface area contributed by atoms with Gasteiger partial charge in [-0.15, -0.1) is 0 Å². The molecule has 0 fully saturated rings. The van der Waals surface area contributed by atoms with Crippen molar-refractivity contribution in [3.05, 3.63) is 46.2 Å². The van der Waals surface area contributed by atoms with Crippen LogP contribution in [0.3, 0.4) is 0 Å². The van der Waals surface area contributed by atoms with Gasteiger partial charge in [-0.25, -0.2) is 9.00 Å². The summed E-state index contributed by atoms with van der Waals surface area (Å²) in [6.07, 6.45) is 1.35. The average molecular weight is 250 g/mol. The Balaban J connectivity index is 2.20. The highest BCUT2D eigenvalue weighted by Crippen LogP contribution is 2.06. The van der Waals surface area contributed by atoms with Gasteiger partial charge in [-0.05, 0) is 22.6 Å². The molecule has 88 valence electrons. The Kier molecular flexibility index (Phi) is 3.29. The standard InChI is InChI=1S/C10H10N4O2S/c1-13-10(15)14(12-11-13)7-8-17(16)9-5-3-2-4-6-9/h2-8H,1H3/b8-7+. The summed E-state index contributed by atoms with van der Waals surface area (Å²) in [5.74, 6) is 0. The summed E-state index contributed by atoms with van der Waals surface area (Å²) in [7, 11) is 0.194. The minimum absolute atomic E-state index is 0.383. The van der Waals surface area contributed by atoms with Gasteiger partial charge in [0.15, 0.2) is 0 Å². The maximum absolute atomic E-state index is 11.8. The van der Waals surface area contributed by atoms with Crippen LogP contribution in [0.5, 0.6) is 0 Å². The predicted octanol–water partition coefficient (Wildman–Crippen LogP) is 0.213. The highest BCUT2D eigenvalue weighted by Gasteiger charge is 2.01. The third kappa shape index (κ3) is 2.56. The molecule has 7 heteroatoms. The molecule has 0 saturated carbocycles. The molecular formula is C10H10N4O2S. The zero-order valence-electron chi connectivity index (χ0n) is 9.06. The van der Waals surface area contributed by atoms with Crippen LogP contribution in [0.15, 0.2) is 45.4 Å². The molecule has 17 heavy (non-hydrogen) atoms. The quantitative estimate of drug-likeness (QED) is 0.781. The van der Waals surface area contributed by atoms with Gasteiger partial charge in [0, 0.05) is 23.6 Å². The third-order valence-corrected chi connectivity index (χ3v) is 3.15. The van der Waals surface area contributed by atoms with Crippen molar-refractivity contribution in [2.75, 3.05) is 0 Å². The lowest BCUT2D eigenvalue weighted by molar-refractivity contribution is 0.688. The van der Waals surface area contributed by atoms with Crippen molar-refractivity contribution >= 4 is 17.0 Å². The summed E-state index contributed by atoms with van der Waals surface area (Å²) in [5, 5.41) is 8.50. The molecule has 1 aromatic carbocycles. The Morgan fingerprint density at radius 2 is 1.94 bits per heavy atom. The molecule has 0 aliphatic rings.